The van der Waals surface area contributed by atoms with Gasteiger partial charge in [-0.25, -0.2) is 9.13 Å². The van der Waals surface area contributed by atoms with Crippen LogP contribution in [0.1, 0.15) is 5.56 Å². The Morgan fingerprint density at radius 3 is 2.05 bits per heavy atom. The van der Waals surface area contributed by atoms with E-state index in [9.17, 15) is 4.79 Å². The summed E-state index contributed by atoms with van der Waals surface area (Å²) in [4.78, 5) is 12.4. The second-order valence-electron chi connectivity index (χ2n) is 8.88. The van der Waals surface area contributed by atoms with Crippen LogP contribution in [0.2, 0.25) is 0 Å². The molecule has 6 nitrogen and oxygen atoms in total. The molecule has 0 saturated heterocycles. The third-order valence-electron chi connectivity index (χ3n) is 6.08. The smallest absolute Gasteiger partial charge is 0.248 e. The highest BCUT2D eigenvalue weighted by atomic mass is 16.1. The first-order valence-corrected chi connectivity index (χ1v) is 12.1. The lowest BCUT2D eigenvalue weighted by Gasteiger charge is -2.09. The van der Waals surface area contributed by atoms with Crippen LogP contribution in [0.4, 0.5) is 28.4 Å². The quantitative estimate of drug-likeness (QED) is 0.206. The molecule has 5 aromatic rings. The van der Waals surface area contributed by atoms with Crippen LogP contribution in [0.15, 0.2) is 116 Å². The first-order valence-electron chi connectivity index (χ1n) is 12.1. The van der Waals surface area contributed by atoms with Crippen molar-refractivity contribution < 1.29 is 13.9 Å². The lowest BCUT2D eigenvalue weighted by molar-refractivity contribution is -0.671. The van der Waals surface area contributed by atoms with Crippen LogP contribution >= 0.6 is 0 Å². The Morgan fingerprint density at radius 1 is 0.676 bits per heavy atom. The minimum absolute atomic E-state index is 0.179. The lowest BCUT2D eigenvalue weighted by Crippen LogP contribution is -2.28. The van der Waals surface area contributed by atoms with E-state index in [1.54, 1.807) is 6.08 Å². The van der Waals surface area contributed by atoms with Crippen molar-refractivity contribution in [3.05, 3.63) is 121 Å². The number of amides is 1. The van der Waals surface area contributed by atoms with E-state index < -0.39 is 0 Å². The third-order valence-corrected chi connectivity index (χ3v) is 6.08. The van der Waals surface area contributed by atoms with Crippen LogP contribution in [0.5, 0.6) is 0 Å². The number of hydrogen-bond acceptors (Lipinski definition) is 3. The van der Waals surface area contributed by atoms with Gasteiger partial charge in [0.25, 0.3) is 0 Å². The first-order chi connectivity index (χ1) is 18.0. The number of nitrogens with one attached hydrogen (secondary N) is 3. The highest BCUT2D eigenvalue weighted by Crippen LogP contribution is 2.24. The zero-order valence-electron chi connectivity index (χ0n) is 20.8. The Morgan fingerprint density at radius 2 is 1.30 bits per heavy atom. The van der Waals surface area contributed by atoms with Gasteiger partial charge < -0.3 is 16.0 Å². The van der Waals surface area contributed by atoms with Crippen LogP contribution in [-0.2, 0) is 18.9 Å². The fourth-order valence-electron chi connectivity index (χ4n) is 4.05. The van der Waals surface area contributed by atoms with E-state index in [0.29, 0.717) is 0 Å². The number of benzene rings is 3. The zero-order chi connectivity index (χ0) is 25.6. The molecule has 182 valence electrons. The average molecular weight is 488 g/mol. The monoisotopic (exact) mass is 487 g/mol. The standard InChI is InChI=1S/C31H27N5O/c1-35-20-17-27(18-21-35)32-24-12-14-26(15-13-24)34-31(37)16-9-23-7-10-25(11-8-23)33-29-19-22-36(2)30-6-4-3-5-28(29)30/h3-22H,1-2H3,(H,34,37)/p+2/b16-9+. The summed E-state index contributed by atoms with van der Waals surface area (Å²) in [6, 6.07) is 30.0. The number of nitrogens with zero attached hydrogens (tertiary/aromatic N) is 2. The predicted molar refractivity (Wildman–Crippen MR) is 150 cm³/mol. The molecule has 2 aromatic heterocycles. The van der Waals surface area contributed by atoms with Crippen LogP contribution in [-0.4, -0.2) is 5.91 Å². The van der Waals surface area contributed by atoms with Gasteiger partial charge in [-0.2, -0.15) is 0 Å². The maximum Gasteiger partial charge on any atom is 0.248 e. The topological polar surface area (TPSA) is 60.9 Å². The maximum atomic E-state index is 12.4. The van der Waals surface area contributed by atoms with Crippen LogP contribution < -0.4 is 25.1 Å². The number of para-hydroxylation sites is 1. The van der Waals surface area contributed by atoms with E-state index in [0.717, 1.165) is 44.9 Å². The van der Waals surface area contributed by atoms with Crippen molar-refractivity contribution in [1.82, 2.24) is 0 Å². The molecule has 37 heavy (non-hydrogen) atoms. The van der Waals surface area contributed by atoms with E-state index in [1.165, 1.54) is 0 Å². The minimum atomic E-state index is -0.179. The van der Waals surface area contributed by atoms with E-state index in [-0.39, 0.29) is 5.91 Å². The molecule has 0 spiro atoms. The molecule has 2 heterocycles. The fraction of sp³-hybridized carbons (Fsp3) is 0.0645. The molecule has 3 N–H and O–H groups in total. The highest BCUT2D eigenvalue weighted by molar-refractivity contribution is 6.02. The molecule has 0 saturated carbocycles. The molecule has 0 radical (unpaired) electrons. The van der Waals surface area contributed by atoms with Crippen molar-refractivity contribution in [3.63, 3.8) is 0 Å². The summed E-state index contributed by atoms with van der Waals surface area (Å²) in [7, 11) is 4.02. The zero-order valence-corrected chi connectivity index (χ0v) is 20.8. The first kappa shape index (κ1) is 23.8. The number of rotatable bonds is 7. The van der Waals surface area contributed by atoms with Gasteiger partial charge in [-0.15, -0.1) is 0 Å². The van der Waals surface area contributed by atoms with Crippen LogP contribution in [0, 0.1) is 0 Å². The number of carbonyl (C=O) groups excluding carboxylic acids is 1. The predicted octanol–water partition coefficient (Wildman–Crippen LogP) is 5.63. The Labute approximate surface area is 216 Å². The number of anilines is 5. The Hall–Kier alpha value is -4.97. The number of carbonyl (C=O) groups is 1. The van der Waals surface area contributed by atoms with Gasteiger partial charge in [0, 0.05) is 47.4 Å². The van der Waals surface area contributed by atoms with Gasteiger partial charge >= 0.3 is 0 Å². The van der Waals surface area contributed by atoms with Crippen molar-refractivity contribution in [2.75, 3.05) is 16.0 Å². The number of aryl methyl sites for hydroxylation is 2. The number of aromatic nitrogens is 2. The molecule has 0 aliphatic carbocycles. The molecule has 0 fully saturated rings. The second-order valence-corrected chi connectivity index (χ2v) is 8.88. The summed E-state index contributed by atoms with van der Waals surface area (Å²) in [6.07, 6.45) is 9.37. The highest BCUT2D eigenvalue weighted by Gasteiger charge is 2.09. The molecule has 0 atom stereocenters. The number of hydrogen-bond donors (Lipinski definition) is 3. The Bertz CT molecular complexity index is 1560. The Kier molecular flexibility index (Phi) is 6.90. The van der Waals surface area contributed by atoms with Crippen molar-refractivity contribution in [3.8, 4) is 0 Å². The van der Waals surface area contributed by atoms with Crippen molar-refractivity contribution >= 4 is 51.3 Å². The summed E-state index contributed by atoms with van der Waals surface area (Å²) in [5.41, 5.74) is 6.84. The molecule has 0 bridgehead atoms. The van der Waals surface area contributed by atoms with Gasteiger partial charge in [0.05, 0.1) is 16.8 Å². The van der Waals surface area contributed by atoms with Gasteiger partial charge in [-0.05, 0) is 54.1 Å². The van der Waals surface area contributed by atoms with E-state index >= 15 is 0 Å². The van der Waals surface area contributed by atoms with Crippen LogP contribution in [0.3, 0.4) is 0 Å². The summed E-state index contributed by atoms with van der Waals surface area (Å²) in [5, 5.41) is 10.9. The molecule has 0 aliphatic rings. The molecule has 3 aromatic carbocycles. The number of fused-ring (bicyclic) bond motifs is 1. The molecule has 1 amide bonds. The summed E-state index contributed by atoms with van der Waals surface area (Å²) < 4.78 is 4.09. The summed E-state index contributed by atoms with van der Waals surface area (Å²) >= 11 is 0. The largest absolute Gasteiger partial charge is 0.355 e. The molecule has 0 unspecified atom stereocenters. The third kappa shape index (κ3) is 6.00. The van der Waals surface area contributed by atoms with Gasteiger partial charge in [-0.1, -0.05) is 24.3 Å². The minimum Gasteiger partial charge on any atom is -0.355 e. The van der Waals surface area contributed by atoms with Gasteiger partial charge in [0.1, 0.15) is 14.1 Å². The number of pyridine rings is 2. The van der Waals surface area contributed by atoms with Gasteiger partial charge in [-0.3, -0.25) is 4.79 Å². The molecule has 0 aliphatic heterocycles. The summed E-state index contributed by atoms with van der Waals surface area (Å²) in [5.74, 6) is -0.179. The van der Waals surface area contributed by atoms with Gasteiger partial charge in [0.15, 0.2) is 18.6 Å². The average Bonchev–Trinajstić information content (AvgIpc) is 2.92. The molecule has 5 rings (SSSR count). The SMILES string of the molecule is C[n+]1ccc(Nc2ccc(NC(=O)/C=C/c3ccc(Nc4cc[n+](C)c5ccccc45)cc3)cc2)cc1. The van der Waals surface area contributed by atoms with E-state index in [2.05, 4.69) is 38.7 Å². The lowest BCUT2D eigenvalue weighted by atomic mass is 10.1. The van der Waals surface area contributed by atoms with Crippen molar-refractivity contribution in [1.29, 1.82) is 0 Å². The molecular weight excluding hydrogens is 458 g/mol. The van der Waals surface area contributed by atoms with E-state index in [4.69, 9.17) is 0 Å². The van der Waals surface area contributed by atoms with Crippen molar-refractivity contribution in [2.45, 2.75) is 0 Å². The van der Waals surface area contributed by atoms with Crippen LogP contribution in [0.25, 0.3) is 17.0 Å². The summed E-state index contributed by atoms with van der Waals surface area (Å²) in [6.45, 7) is 0. The fourth-order valence-corrected chi connectivity index (χ4v) is 4.05. The molecular formula is C31H29N5O+2. The van der Waals surface area contributed by atoms with E-state index in [1.807, 2.05) is 116 Å². The Balaban J connectivity index is 1.17. The molecule has 6 heteroatoms. The maximum absolute atomic E-state index is 12.4. The normalized spacial score (nSPS) is 11.0. The second kappa shape index (κ2) is 10.7. The van der Waals surface area contributed by atoms with Crippen molar-refractivity contribution in [2.24, 2.45) is 14.1 Å². The van der Waals surface area contributed by atoms with Gasteiger partial charge in [0.2, 0.25) is 11.4 Å².